The van der Waals surface area contributed by atoms with Crippen LogP contribution in [0, 0.1) is 5.41 Å². The van der Waals surface area contributed by atoms with Gasteiger partial charge in [-0.15, -0.1) is 0 Å². The number of para-hydroxylation sites is 1. The highest BCUT2D eigenvalue weighted by atomic mass is 19.4. The molecule has 1 saturated heterocycles. The van der Waals surface area contributed by atoms with Gasteiger partial charge in [0.1, 0.15) is 5.75 Å². The van der Waals surface area contributed by atoms with Gasteiger partial charge in [0.25, 0.3) is 5.91 Å². The molecular weight excluding hydrogens is 407 g/mol. The number of halogens is 5. The van der Waals surface area contributed by atoms with Crippen LogP contribution in [0.3, 0.4) is 0 Å². The monoisotopic (exact) mass is 424 g/mol. The lowest BCUT2D eigenvalue weighted by Crippen LogP contribution is -2.71. The van der Waals surface area contributed by atoms with E-state index in [0.717, 1.165) is 6.07 Å². The van der Waals surface area contributed by atoms with Crippen molar-refractivity contribution in [3.63, 3.8) is 0 Å². The normalized spacial score (nSPS) is 26.6. The molecule has 2 aromatic rings. The van der Waals surface area contributed by atoms with Crippen molar-refractivity contribution in [3.8, 4) is 5.75 Å². The van der Waals surface area contributed by atoms with Crippen LogP contribution in [-0.2, 0) is 16.5 Å². The zero-order valence-corrected chi connectivity index (χ0v) is 15.6. The molecule has 4 nitrogen and oxygen atoms in total. The molecule has 2 aromatic carbocycles. The number of hydrogen-bond donors (Lipinski definition) is 2. The van der Waals surface area contributed by atoms with Crippen molar-refractivity contribution in [1.82, 2.24) is 4.90 Å². The van der Waals surface area contributed by atoms with Gasteiger partial charge >= 0.3 is 6.18 Å². The maximum atomic E-state index is 13.6. The molecule has 2 heterocycles. The molecule has 0 aromatic heterocycles. The predicted molar refractivity (Wildman–Crippen MR) is 97.1 cm³/mol. The summed E-state index contributed by atoms with van der Waals surface area (Å²) >= 11 is 0. The Morgan fingerprint density at radius 3 is 2.20 bits per heavy atom. The number of nitrogens with zero attached hydrogens (tertiary/aromatic N) is 1. The van der Waals surface area contributed by atoms with Crippen molar-refractivity contribution in [2.24, 2.45) is 5.41 Å². The van der Waals surface area contributed by atoms with Crippen molar-refractivity contribution in [2.45, 2.75) is 30.5 Å². The Hall–Kier alpha value is -2.68. The van der Waals surface area contributed by atoms with Crippen LogP contribution in [0.5, 0.6) is 5.75 Å². The van der Waals surface area contributed by atoms with E-state index >= 15 is 0 Å². The number of carbonyl (C=O) groups excluding carboxylic acids is 1. The molecular formula is C21H17F5N2O2. The number of aromatic hydroxyl groups is 1. The van der Waals surface area contributed by atoms with Crippen molar-refractivity contribution in [3.05, 3.63) is 59.2 Å². The molecule has 1 aliphatic carbocycles. The second-order valence-electron chi connectivity index (χ2n) is 8.50. The molecule has 2 aliphatic heterocycles. The van der Waals surface area contributed by atoms with Crippen LogP contribution >= 0.6 is 0 Å². The first-order valence-corrected chi connectivity index (χ1v) is 9.42. The number of fused-ring (bicyclic) bond motifs is 1. The van der Waals surface area contributed by atoms with Crippen molar-refractivity contribution >= 4 is 11.6 Å². The Kier molecular flexibility index (Phi) is 3.68. The first kappa shape index (κ1) is 19.3. The Bertz CT molecular complexity index is 1030. The summed E-state index contributed by atoms with van der Waals surface area (Å²) in [6, 6.07) is 9.25. The maximum Gasteiger partial charge on any atom is 0.418 e. The van der Waals surface area contributed by atoms with E-state index in [0.29, 0.717) is 5.56 Å². The van der Waals surface area contributed by atoms with E-state index in [2.05, 4.69) is 5.32 Å². The summed E-state index contributed by atoms with van der Waals surface area (Å²) in [4.78, 5) is 14.9. The molecule has 9 heteroatoms. The lowest BCUT2D eigenvalue weighted by molar-refractivity contribution is -0.226. The van der Waals surface area contributed by atoms with Gasteiger partial charge in [0.15, 0.2) is 5.54 Å². The van der Waals surface area contributed by atoms with Crippen LogP contribution in [0.25, 0.3) is 0 Å². The number of benzene rings is 2. The largest absolute Gasteiger partial charge is 0.508 e. The Labute approximate surface area is 168 Å². The van der Waals surface area contributed by atoms with Gasteiger partial charge in [0.2, 0.25) is 5.92 Å². The highest BCUT2D eigenvalue weighted by molar-refractivity contribution is 6.09. The molecule has 1 spiro atoms. The number of hydrogen-bond acceptors (Lipinski definition) is 3. The molecule has 0 bridgehead atoms. The van der Waals surface area contributed by atoms with Crippen LogP contribution in [0.1, 0.15) is 29.5 Å². The van der Waals surface area contributed by atoms with Gasteiger partial charge < -0.3 is 10.4 Å². The Morgan fingerprint density at radius 2 is 1.63 bits per heavy atom. The molecule has 0 radical (unpaired) electrons. The number of nitrogens with one attached hydrogen (secondary N) is 1. The van der Waals surface area contributed by atoms with Crippen LogP contribution in [-0.4, -0.2) is 34.9 Å². The fraction of sp³-hybridized carbons (Fsp3) is 0.381. The van der Waals surface area contributed by atoms with Crippen LogP contribution in [0.15, 0.2) is 42.5 Å². The zero-order chi connectivity index (χ0) is 21.5. The minimum absolute atomic E-state index is 0.0599. The quantitative estimate of drug-likeness (QED) is 0.706. The van der Waals surface area contributed by atoms with Crippen molar-refractivity contribution in [1.29, 1.82) is 0 Å². The first-order valence-electron chi connectivity index (χ1n) is 9.42. The fourth-order valence-electron chi connectivity index (χ4n) is 5.31. The molecule has 5 rings (SSSR count). The number of likely N-dealkylation sites (tertiary alicyclic amines) is 1. The third-order valence-corrected chi connectivity index (χ3v) is 6.41. The third kappa shape index (κ3) is 2.50. The standard InChI is InChI=1S/C21H17F5N2O2/c22-19(23)8-18(9-19)10-28(11-18)20(12-4-6-13(29)7-5-12)14-2-1-3-15(21(24,25)26)16(14)27-17(20)30/h1-7,29H,8-11H2,(H,27,30). The second-order valence-corrected chi connectivity index (χ2v) is 8.50. The zero-order valence-electron chi connectivity index (χ0n) is 15.6. The van der Waals surface area contributed by atoms with E-state index in [1.54, 1.807) is 4.90 Å². The number of phenols is 1. The molecule has 1 saturated carbocycles. The molecule has 3 aliphatic rings. The van der Waals surface area contributed by atoms with E-state index in [9.17, 15) is 31.9 Å². The Balaban J connectivity index is 1.65. The molecule has 1 unspecified atom stereocenters. The summed E-state index contributed by atoms with van der Waals surface area (Å²) < 4.78 is 67.6. The average molecular weight is 424 g/mol. The van der Waals surface area contributed by atoms with Gasteiger partial charge in [0, 0.05) is 36.9 Å². The van der Waals surface area contributed by atoms with E-state index in [-0.39, 0.29) is 42.9 Å². The van der Waals surface area contributed by atoms with Gasteiger partial charge in [-0.25, -0.2) is 8.78 Å². The number of alkyl halides is 5. The van der Waals surface area contributed by atoms with Crippen molar-refractivity contribution < 1.29 is 31.9 Å². The van der Waals surface area contributed by atoms with E-state index in [4.69, 9.17) is 0 Å². The topological polar surface area (TPSA) is 52.6 Å². The maximum absolute atomic E-state index is 13.6. The molecule has 1 atom stereocenters. The lowest BCUT2D eigenvalue weighted by atomic mass is 9.59. The van der Waals surface area contributed by atoms with Gasteiger partial charge in [0.05, 0.1) is 11.3 Å². The van der Waals surface area contributed by atoms with E-state index < -0.39 is 34.5 Å². The second kappa shape index (κ2) is 5.72. The highest BCUT2D eigenvalue weighted by Gasteiger charge is 2.67. The van der Waals surface area contributed by atoms with Gasteiger partial charge in [-0.3, -0.25) is 9.69 Å². The fourth-order valence-corrected chi connectivity index (χ4v) is 5.31. The SMILES string of the molecule is O=C1Nc2c(C(F)(F)F)cccc2C1(c1ccc(O)cc1)N1CC2(C1)CC(F)(F)C2. The Morgan fingerprint density at radius 1 is 1.00 bits per heavy atom. The number of anilines is 1. The summed E-state index contributed by atoms with van der Waals surface area (Å²) in [6.45, 7) is 0.346. The molecule has 2 fully saturated rings. The summed E-state index contributed by atoms with van der Waals surface area (Å²) in [5.74, 6) is -3.46. The number of carbonyl (C=O) groups is 1. The number of rotatable bonds is 2. The summed E-state index contributed by atoms with van der Waals surface area (Å²) in [5, 5.41) is 12.0. The van der Waals surface area contributed by atoms with Crippen LogP contribution < -0.4 is 5.32 Å². The summed E-state index contributed by atoms with van der Waals surface area (Å²) in [6.07, 6.45) is -5.26. The minimum atomic E-state index is -4.67. The number of amides is 1. The first-order chi connectivity index (χ1) is 14.0. The minimum Gasteiger partial charge on any atom is -0.508 e. The molecule has 2 N–H and O–H groups in total. The van der Waals surface area contributed by atoms with E-state index in [1.807, 2.05) is 0 Å². The van der Waals surface area contributed by atoms with Gasteiger partial charge in [-0.05, 0) is 23.8 Å². The summed E-state index contributed by atoms with van der Waals surface area (Å²) in [7, 11) is 0. The third-order valence-electron chi connectivity index (χ3n) is 6.41. The summed E-state index contributed by atoms with van der Waals surface area (Å²) in [5.41, 5.74) is -2.98. The number of phenolic OH excluding ortho intramolecular Hbond substituents is 1. The van der Waals surface area contributed by atoms with Gasteiger partial charge in [-0.1, -0.05) is 24.3 Å². The predicted octanol–water partition coefficient (Wildman–Crippen LogP) is 4.34. The lowest BCUT2D eigenvalue weighted by Gasteiger charge is -2.62. The molecule has 1 amide bonds. The molecule has 158 valence electrons. The highest BCUT2D eigenvalue weighted by Crippen LogP contribution is 2.61. The van der Waals surface area contributed by atoms with E-state index in [1.165, 1.54) is 36.4 Å². The van der Waals surface area contributed by atoms with Crippen LogP contribution in [0.4, 0.5) is 27.6 Å². The van der Waals surface area contributed by atoms with Gasteiger partial charge in [-0.2, -0.15) is 13.2 Å². The van der Waals surface area contributed by atoms with Crippen LogP contribution in [0.2, 0.25) is 0 Å². The average Bonchev–Trinajstić information content (AvgIpc) is 2.89. The molecule has 30 heavy (non-hydrogen) atoms. The smallest absolute Gasteiger partial charge is 0.418 e. The van der Waals surface area contributed by atoms with Crippen molar-refractivity contribution in [2.75, 3.05) is 18.4 Å².